The van der Waals surface area contributed by atoms with Gasteiger partial charge in [0.05, 0.1) is 5.69 Å². The van der Waals surface area contributed by atoms with Gasteiger partial charge in [-0.3, -0.25) is 4.79 Å². The van der Waals surface area contributed by atoms with Gasteiger partial charge in [-0.1, -0.05) is 11.6 Å². The van der Waals surface area contributed by atoms with Crippen LogP contribution in [-0.2, 0) is 4.79 Å². The molecule has 0 fully saturated rings. The number of aromatic nitrogens is 1. The van der Waals surface area contributed by atoms with Gasteiger partial charge in [0.15, 0.2) is 5.15 Å². The van der Waals surface area contributed by atoms with Crippen molar-refractivity contribution in [2.75, 3.05) is 5.32 Å². The smallest absolute Gasteiger partial charge is 0.300 e. The first-order chi connectivity index (χ1) is 6.15. The highest BCUT2D eigenvalue weighted by Crippen LogP contribution is 2.22. The molecule has 0 aliphatic rings. The average Bonchev–Trinajstić information content (AvgIpc) is 2.11. The fraction of sp³-hybridized carbons (Fsp3) is 0.111. The highest BCUT2D eigenvalue weighted by molar-refractivity contribution is 6.32. The Labute approximate surface area is 81.1 Å². The maximum Gasteiger partial charge on any atom is 0.300 e. The van der Waals surface area contributed by atoms with Gasteiger partial charge in [0.1, 0.15) is 0 Å². The Kier molecular flexibility index (Phi) is 2.88. The fourth-order valence-corrected chi connectivity index (χ4v) is 1.08. The summed E-state index contributed by atoms with van der Waals surface area (Å²) in [5, 5.41) is 2.70. The Morgan fingerprint density at radius 2 is 2.46 bits per heavy atom. The number of rotatable bonds is 1. The van der Waals surface area contributed by atoms with Crippen molar-refractivity contribution in [2.24, 2.45) is 0 Å². The Hall–Kier alpha value is -1.53. The third kappa shape index (κ3) is 2.20. The number of hydrogen-bond donors (Lipinski definition) is 1. The van der Waals surface area contributed by atoms with Gasteiger partial charge in [-0.25, -0.2) is 4.98 Å². The first-order valence-corrected chi connectivity index (χ1v) is 3.91. The molecule has 0 aliphatic heterocycles. The lowest BCUT2D eigenvalue weighted by molar-refractivity contribution is -0.111. The van der Waals surface area contributed by atoms with Crippen LogP contribution in [0.4, 0.5) is 5.69 Å². The molecule has 1 aromatic rings. The molecule has 66 valence electrons. The molecule has 0 saturated carbocycles. The van der Waals surface area contributed by atoms with Crippen LogP contribution in [0, 0.1) is 19.3 Å². The topological polar surface area (TPSA) is 42.0 Å². The lowest BCUT2D eigenvalue weighted by Crippen LogP contribution is -2.10. The van der Waals surface area contributed by atoms with E-state index < -0.39 is 5.91 Å². The number of nitrogens with one attached hydrogen (secondary N) is 1. The molecule has 3 nitrogen and oxygen atoms in total. The zero-order valence-corrected chi connectivity index (χ0v) is 7.72. The van der Waals surface area contributed by atoms with Crippen molar-refractivity contribution >= 4 is 23.2 Å². The fourth-order valence-electron chi connectivity index (χ4n) is 0.825. The van der Waals surface area contributed by atoms with Crippen LogP contribution >= 0.6 is 11.6 Å². The second-order valence-corrected chi connectivity index (χ2v) is 2.75. The molecule has 1 aromatic heterocycles. The van der Waals surface area contributed by atoms with E-state index in [2.05, 4.69) is 10.3 Å². The Morgan fingerprint density at radius 3 is 3.00 bits per heavy atom. The number of nitrogens with zero attached hydrogens (tertiary/aromatic N) is 1. The normalized spacial score (nSPS) is 9.00. The molecule has 1 N–H and O–H groups in total. The van der Waals surface area contributed by atoms with Crippen LogP contribution in [0.1, 0.15) is 5.56 Å². The van der Waals surface area contributed by atoms with Crippen LogP contribution in [0.25, 0.3) is 0 Å². The largest absolute Gasteiger partial charge is 0.312 e. The molecule has 1 heterocycles. The van der Waals surface area contributed by atoms with Crippen LogP contribution < -0.4 is 5.32 Å². The van der Waals surface area contributed by atoms with E-state index in [1.54, 1.807) is 19.2 Å². The van der Waals surface area contributed by atoms with E-state index in [0.29, 0.717) is 5.69 Å². The van der Waals surface area contributed by atoms with E-state index >= 15 is 0 Å². The molecule has 0 spiro atoms. The zero-order chi connectivity index (χ0) is 9.84. The summed E-state index contributed by atoms with van der Waals surface area (Å²) in [7, 11) is 0. The summed E-state index contributed by atoms with van der Waals surface area (Å²) < 4.78 is 0. The number of pyridine rings is 1. The van der Waals surface area contributed by atoms with Gasteiger partial charge in [0, 0.05) is 6.20 Å². The van der Waals surface area contributed by atoms with Crippen LogP contribution in [0.2, 0.25) is 5.15 Å². The van der Waals surface area contributed by atoms with Crippen molar-refractivity contribution in [1.29, 1.82) is 0 Å². The minimum Gasteiger partial charge on any atom is -0.312 e. The first-order valence-electron chi connectivity index (χ1n) is 3.54. The monoisotopic (exact) mass is 194 g/mol. The number of amides is 1. The van der Waals surface area contributed by atoms with E-state index in [1.807, 2.05) is 5.92 Å². The summed E-state index contributed by atoms with van der Waals surface area (Å²) in [6.07, 6.45) is 6.45. The second kappa shape index (κ2) is 3.92. The van der Waals surface area contributed by atoms with Gasteiger partial charge in [0.2, 0.25) is 0 Å². The molecular weight excluding hydrogens is 188 g/mol. The quantitative estimate of drug-likeness (QED) is 0.545. The van der Waals surface area contributed by atoms with Crippen LogP contribution in [-0.4, -0.2) is 10.9 Å². The summed E-state index contributed by atoms with van der Waals surface area (Å²) in [5.41, 5.74) is 1.29. The molecule has 0 aromatic carbocycles. The predicted octanol–water partition coefficient (Wildman–Crippen LogP) is 1.62. The molecule has 0 radical (unpaired) electrons. The van der Waals surface area contributed by atoms with E-state index in [9.17, 15) is 4.79 Å². The molecule has 1 rings (SSSR count). The van der Waals surface area contributed by atoms with E-state index in [4.69, 9.17) is 18.0 Å². The summed E-state index contributed by atoms with van der Waals surface area (Å²) in [5.74, 6) is 1.40. The molecule has 13 heavy (non-hydrogen) atoms. The Bertz CT molecular complexity index is 361. The van der Waals surface area contributed by atoms with Crippen molar-refractivity contribution in [3.05, 3.63) is 23.0 Å². The standard InChI is InChI=1S/C9H7ClN2O/c1-3-7(13)12-8-6(2)4-5-11-9(8)10/h1,4-5H,2H3,(H,12,13). The van der Waals surface area contributed by atoms with Crippen molar-refractivity contribution in [2.45, 2.75) is 6.92 Å². The lowest BCUT2D eigenvalue weighted by Gasteiger charge is -2.05. The summed E-state index contributed by atoms with van der Waals surface area (Å²) >= 11 is 5.74. The van der Waals surface area contributed by atoms with Gasteiger partial charge in [0.25, 0.3) is 5.91 Å². The Balaban J connectivity index is 3.01. The van der Waals surface area contributed by atoms with Gasteiger partial charge < -0.3 is 5.32 Å². The first kappa shape index (κ1) is 9.56. The van der Waals surface area contributed by atoms with Crippen molar-refractivity contribution in [3.8, 4) is 12.3 Å². The van der Waals surface area contributed by atoms with Gasteiger partial charge in [-0.2, -0.15) is 0 Å². The summed E-state index contributed by atoms with van der Waals surface area (Å²) in [4.78, 5) is 14.7. The number of terminal acetylenes is 1. The van der Waals surface area contributed by atoms with Crippen molar-refractivity contribution in [3.63, 3.8) is 0 Å². The van der Waals surface area contributed by atoms with Gasteiger partial charge in [-0.05, 0) is 24.5 Å². The third-order valence-electron chi connectivity index (χ3n) is 1.48. The number of aryl methyl sites for hydroxylation is 1. The number of carbonyl (C=O) groups excluding carboxylic acids is 1. The molecule has 4 heteroatoms. The third-order valence-corrected chi connectivity index (χ3v) is 1.77. The van der Waals surface area contributed by atoms with Crippen molar-refractivity contribution < 1.29 is 4.79 Å². The second-order valence-electron chi connectivity index (χ2n) is 2.39. The molecule has 0 unspecified atom stereocenters. The number of anilines is 1. The summed E-state index contributed by atoms with van der Waals surface area (Å²) in [6, 6.07) is 1.73. The van der Waals surface area contributed by atoms with Gasteiger partial charge >= 0.3 is 0 Å². The minimum atomic E-state index is -0.530. The van der Waals surface area contributed by atoms with Gasteiger partial charge in [-0.15, -0.1) is 6.42 Å². The maximum atomic E-state index is 10.9. The van der Waals surface area contributed by atoms with Crippen LogP contribution in [0.5, 0.6) is 0 Å². The molecule has 0 atom stereocenters. The SMILES string of the molecule is C#CC(=O)Nc1c(C)ccnc1Cl. The molecule has 1 amide bonds. The number of carbonyl (C=O) groups is 1. The minimum absolute atomic E-state index is 0.239. The number of halogens is 1. The van der Waals surface area contributed by atoms with E-state index in [-0.39, 0.29) is 5.15 Å². The van der Waals surface area contributed by atoms with Crippen LogP contribution in [0.15, 0.2) is 12.3 Å². The van der Waals surface area contributed by atoms with E-state index in [1.165, 1.54) is 0 Å². The molecule has 0 saturated heterocycles. The van der Waals surface area contributed by atoms with Crippen molar-refractivity contribution in [1.82, 2.24) is 4.98 Å². The lowest BCUT2D eigenvalue weighted by atomic mass is 10.2. The number of hydrogen-bond acceptors (Lipinski definition) is 2. The zero-order valence-electron chi connectivity index (χ0n) is 6.97. The Morgan fingerprint density at radius 1 is 1.77 bits per heavy atom. The van der Waals surface area contributed by atoms with Crippen LogP contribution in [0.3, 0.4) is 0 Å². The highest BCUT2D eigenvalue weighted by atomic mass is 35.5. The van der Waals surface area contributed by atoms with E-state index in [0.717, 1.165) is 5.56 Å². The highest BCUT2D eigenvalue weighted by Gasteiger charge is 2.06. The maximum absolute atomic E-state index is 10.9. The molecule has 0 aliphatic carbocycles. The average molecular weight is 195 g/mol. The summed E-state index contributed by atoms with van der Waals surface area (Å²) in [6.45, 7) is 1.81. The molecule has 0 bridgehead atoms. The molecular formula is C9H7ClN2O. The predicted molar refractivity (Wildman–Crippen MR) is 51.4 cm³/mol.